The normalized spacial score (nSPS) is 10.7. The summed E-state index contributed by atoms with van der Waals surface area (Å²) in [6, 6.07) is 1.87. The number of allylic oxidation sites excluding steroid dienone is 1. The Morgan fingerprint density at radius 2 is 1.95 bits per heavy atom. The molecule has 2 rings (SSSR count). The summed E-state index contributed by atoms with van der Waals surface area (Å²) in [5.41, 5.74) is 8.55. The van der Waals surface area contributed by atoms with Gasteiger partial charge in [0.15, 0.2) is 11.6 Å². The first-order chi connectivity index (χ1) is 9.88. The summed E-state index contributed by atoms with van der Waals surface area (Å²) >= 11 is 0. The molecule has 110 valence electrons. The fraction of sp³-hybridized carbons (Fsp3) is 0.312. The molecule has 0 spiro atoms. The van der Waals surface area contributed by atoms with E-state index in [9.17, 15) is 0 Å². The van der Waals surface area contributed by atoms with Crippen LogP contribution in [0.5, 0.6) is 11.5 Å². The van der Waals surface area contributed by atoms with E-state index in [4.69, 9.17) is 10.5 Å². The lowest BCUT2D eigenvalue weighted by atomic mass is 10.0. The quantitative estimate of drug-likeness (QED) is 0.926. The Hall–Kier alpha value is -2.43. The third-order valence-corrected chi connectivity index (χ3v) is 3.08. The van der Waals surface area contributed by atoms with Gasteiger partial charge in [-0.15, -0.1) is 0 Å². The number of nitrogens with zero attached hydrogens (tertiary/aromatic N) is 3. The van der Waals surface area contributed by atoms with Crippen molar-refractivity contribution in [1.82, 2.24) is 15.0 Å². The maximum absolute atomic E-state index is 5.92. The molecule has 0 aliphatic rings. The fourth-order valence-electron chi connectivity index (χ4n) is 1.88. The summed E-state index contributed by atoms with van der Waals surface area (Å²) in [4.78, 5) is 12.6. The van der Waals surface area contributed by atoms with E-state index in [0.29, 0.717) is 23.1 Å². The Morgan fingerprint density at radius 1 is 1.24 bits per heavy atom. The van der Waals surface area contributed by atoms with Crippen LogP contribution in [0.4, 0.5) is 5.82 Å². The van der Waals surface area contributed by atoms with Gasteiger partial charge in [-0.3, -0.25) is 4.98 Å². The SMILES string of the molecule is C=C(C)c1cc(Oc2cnc(C)nc2N)c(C(C)C)cn1. The van der Waals surface area contributed by atoms with Gasteiger partial charge in [-0.05, 0) is 25.3 Å². The van der Waals surface area contributed by atoms with E-state index >= 15 is 0 Å². The molecule has 2 aromatic heterocycles. The fourth-order valence-corrected chi connectivity index (χ4v) is 1.88. The van der Waals surface area contributed by atoms with Gasteiger partial charge >= 0.3 is 0 Å². The summed E-state index contributed by atoms with van der Waals surface area (Å²) in [5, 5.41) is 0. The highest BCUT2D eigenvalue weighted by atomic mass is 16.5. The predicted octanol–water partition coefficient (Wildman–Crippen LogP) is 3.71. The molecule has 0 atom stereocenters. The third-order valence-electron chi connectivity index (χ3n) is 3.08. The molecule has 0 saturated heterocycles. The van der Waals surface area contributed by atoms with Gasteiger partial charge < -0.3 is 10.5 Å². The number of ether oxygens (including phenoxy) is 1. The topological polar surface area (TPSA) is 73.9 Å². The van der Waals surface area contributed by atoms with Gasteiger partial charge in [0.2, 0.25) is 0 Å². The minimum absolute atomic E-state index is 0.277. The lowest BCUT2D eigenvalue weighted by molar-refractivity contribution is 0.469. The van der Waals surface area contributed by atoms with Gasteiger partial charge in [0, 0.05) is 17.8 Å². The molecule has 0 amide bonds. The minimum Gasteiger partial charge on any atom is -0.451 e. The van der Waals surface area contributed by atoms with Crippen LogP contribution < -0.4 is 10.5 Å². The van der Waals surface area contributed by atoms with Crippen molar-refractivity contribution >= 4 is 11.4 Å². The highest BCUT2D eigenvalue weighted by molar-refractivity contribution is 5.60. The Bertz CT molecular complexity index is 680. The second kappa shape index (κ2) is 5.91. The number of hydrogen-bond donors (Lipinski definition) is 1. The van der Waals surface area contributed by atoms with Gasteiger partial charge in [0.25, 0.3) is 0 Å². The van der Waals surface area contributed by atoms with E-state index in [2.05, 4.69) is 35.4 Å². The Labute approximate surface area is 124 Å². The number of pyridine rings is 1. The van der Waals surface area contributed by atoms with Gasteiger partial charge in [0.1, 0.15) is 11.6 Å². The molecule has 0 bridgehead atoms. The first-order valence-corrected chi connectivity index (χ1v) is 6.81. The lowest BCUT2D eigenvalue weighted by Gasteiger charge is -2.15. The van der Waals surface area contributed by atoms with E-state index in [1.54, 1.807) is 13.1 Å². The first kappa shape index (κ1) is 15.0. The highest BCUT2D eigenvalue weighted by Crippen LogP contribution is 2.33. The van der Waals surface area contributed by atoms with E-state index in [0.717, 1.165) is 16.8 Å². The lowest BCUT2D eigenvalue weighted by Crippen LogP contribution is -2.02. The monoisotopic (exact) mass is 284 g/mol. The molecule has 0 aromatic carbocycles. The third kappa shape index (κ3) is 3.37. The number of anilines is 1. The zero-order valence-corrected chi connectivity index (χ0v) is 12.8. The predicted molar refractivity (Wildman–Crippen MR) is 84.3 cm³/mol. The van der Waals surface area contributed by atoms with E-state index in [1.807, 2.05) is 19.2 Å². The van der Waals surface area contributed by atoms with Crippen LogP contribution >= 0.6 is 0 Å². The van der Waals surface area contributed by atoms with E-state index < -0.39 is 0 Å². The number of nitrogen functional groups attached to an aromatic ring is 1. The van der Waals surface area contributed by atoms with Crippen LogP contribution in [0, 0.1) is 6.92 Å². The van der Waals surface area contributed by atoms with Crippen molar-refractivity contribution in [2.45, 2.75) is 33.6 Å². The molecule has 21 heavy (non-hydrogen) atoms. The van der Waals surface area contributed by atoms with E-state index in [1.165, 1.54) is 0 Å². The smallest absolute Gasteiger partial charge is 0.187 e. The van der Waals surface area contributed by atoms with Crippen LogP contribution in [-0.2, 0) is 0 Å². The second-order valence-electron chi connectivity index (χ2n) is 5.31. The molecule has 2 N–H and O–H groups in total. The molecule has 0 aliphatic carbocycles. The zero-order valence-electron chi connectivity index (χ0n) is 12.8. The van der Waals surface area contributed by atoms with Crippen LogP contribution in [0.2, 0.25) is 0 Å². The van der Waals surface area contributed by atoms with Crippen LogP contribution in [-0.4, -0.2) is 15.0 Å². The number of hydrogen-bond acceptors (Lipinski definition) is 5. The van der Waals surface area contributed by atoms with Crippen molar-refractivity contribution in [2.75, 3.05) is 5.73 Å². The average molecular weight is 284 g/mol. The summed E-state index contributed by atoms with van der Waals surface area (Å²) in [7, 11) is 0. The van der Waals surface area contributed by atoms with Gasteiger partial charge in [-0.25, -0.2) is 9.97 Å². The standard InChI is InChI=1S/C16H20N4O/c1-9(2)12-7-19-13(10(3)4)6-14(12)21-15-8-18-11(5)20-16(15)17/h6-9H,3H2,1-2,4-5H3,(H2,17,18,20). The van der Waals surface area contributed by atoms with Crippen molar-refractivity contribution in [2.24, 2.45) is 0 Å². The van der Waals surface area contributed by atoms with Crippen LogP contribution in [0.3, 0.4) is 0 Å². The second-order valence-corrected chi connectivity index (χ2v) is 5.31. The van der Waals surface area contributed by atoms with Crippen LogP contribution in [0.25, 0.3) is 5.57 Å². The number of nitrogens with two attached hydrogens (primary N) is 1. The summed E-state index contributed by atoms with van der Waals surface area (Å²) < 4.78 is 5.92. The first-order valence-electron chi connectivity index (χ1n) is 6.81. The Kier molecular flexibility index (Phi) is 4.21. The molecular weight excluding hydrogens is 264 g/mol. The molecule has 2 heterocycles. The molecular formula is C16H20N4O. The van der Waals surface area contributed by atoms with Crippen molar-refractivity contribution in [3.8, 4) is 11.5 Å². The van der Waals surface area contributed by atoms with Gasteiger partial charge in [-0.2, -0.15) is 0 Å². The van der Waals surface area contributed by atoms with Crippen molar-refractivity contribution in [1.29, 1.82) is 0 Å². The molecule has 0 radical (unpaired) electrons. The number of aromatic nitrogens is 3. The molecule has 5 heteroatoms. The Morgan fingerprint density at radius 3 is 2.52 bits per heavy atom. The molecule has 5 nitrogen and oxygen atoms in total. The average Bonchev–Trinajstić information content (AvgIpc) is 2.41. The molecule has 2 aromatic rings. The summed E-state index contributed by atoms with van der Waals surface area (Å²) in [6.45, 7) is 11.8. The summed E-state index contributed by atoms with van der Waals surface area (Å²) in [5.74, 6) is 2.37. The van der Waals surface area contributed by atoms with Crippen LogP contribution in [0.1, 0.15) is 43.8 Å². The summed E-state index contributed by atoms with van der Waals surface area (Å²) in [6.07, 6.45) is 3.40. The van der Waals surface area contributed by atoms with Crippen molar-refractivity contribution in [3.05, 3.63) is 42.1 Å². The molecule has 0 fully saturated rings. The minimum atomic E-state index is 0.277. The molecule has 0 unspecified atom stereocenters. The number of rotatable bonds is 4. The van der Waals surface area contributed by atoms with Crippen molar-refractivity contribution < 1.29 is 4.74 Å². The van der Waals surface area contributed by atoms with E-state index in [-0.39, 0.29) is 5.92 Å². The largest absolute Gasteiger partial charge is 0.451 e. The van der Waals surface area contributed by atoms with Gasteiger partial charge in [-0.1, -0.05) is 20.4 Å². The maximum Gasteiger partial charge on any atom is 0.187 e. The zero-order chi connectivity index (χ0) is 15.6. The van der Waals surface area contributed by atoms with Crippen LogP contribution in [0.15, 0.2) is 25.0 Å². The number of aryl methyl sites for hydroxylation is 1. The Balaban J connectivity index is 2.45. The molecule has 0 aliphatic heterocycles. The maximum atomic E-state index is 5.92. The highest BCUT2D eigenvalue weighted by Gasteiger charge is 2.13. The van der Waals surface area contributed by atoms with Crippen molar-refractivity contribution in [3.63, 3.8) is 0 Å². The molecule has 0 saturated carbocycles. The van der Waals surface area contributed by atoms with Gasteiger partial charge in [0.05, 0.1) is 11.9 Å².